The van der Waals surface area contributed by atoms with Crippen LogP contribution in [0, 0.1) is 17.2 Å². The maximum Gasteiger partial charge on any atom is 0.289 e. The summed E-state index contributed by atoms with van der Waals surface area (Å²) >= 11 is 0. The predicted molar refractivity (Wildman–Crippen MR) is 92.9 cm³/mol. The van der Waals surface area contributed by atoms with Gasteiger partial charge >= 0.3 is 0 Å². The summed E-state index contributed by atoms with van der Waals surface area (Å²) in [5.74, 6) is -0.128. The fourth-order valence-electron chi connectivity index (χ4n) is 3.35. The SMILES string of the molecule is COc1cccc2cc(C(=O)N3CCC4=NC(=O)C(C#N)=CC4C3)oc12. The number of furan rings is 1. The number of methoxy groups -OCH3 is 1. The van der Waals surface area contributed by atoms with Gasteiger partial charge in [0.15, 0.2) is 17.1 Å². The van der Waals surface area contributed by atoms with Gasteiger partial charge in [-0.2, -0.15) is 5.26 Å². The number of likely N-dealkylation sites (tertiary alicyclic amines) is 1. The fourth-order valence-corrected chi connectivity index (χ4v) is 3.35. The summed E-state index contributed by atoms with van der Waals surface area (Å²) in [7, 11) is 1.55. The van der Waals surface area contributed by atoms with Crippen LogP contribution in [0.3, 0.4) is 0 Å². The van der Waals surface area contributed by atoms with Gasteiger partial charge in [-0.3, -0.25) is 9.59 Å². The van der Waals surface area contributed by atoms with Crippen molar-refractivity contribution in [1.29, 1.82) is 5.26 Å². The fraction of sp³-hybridized carbons (Fsp3) is 0.263. The summed E-state index contributed by atoms with van der Waals surface area (Å²) in [5.41, 5.74) is 1.29. The number of hydrogen-bond acceptors (Lipinski definition) is 5. The number of rotatable bonds is 2. The van der Waals surface area contributed by atoms with E-state index in [2.05, 4.69) is 4.99 Å². The largest absolute Gasteiger partial charge is 0.493 e. The molecular weight excluding hydrogens is 334 g/mol. The maximum absolute atomic E-state index is 12.9. The second kappa shape index (κ2) is 6.15. The third-order valence-electron chi connectivity index (χ3n) is 4.67. The van der Waals surface area contributed by atoms with E-state index in [9.17, 15) is 9.59 Å². The van der Waals surface area contributed by atoms with Crippen molar-refractivity contribution >= 4 is 28.5 Å². The Morgan fingerprint density at radius 3 is 3.08 bits per heavy atom. The van der Waals surface area contributed by atoms with Crippen molar-refractivity contribution in [2.45, 2.75) is 6.42 Å². The highest BCUT2D eigenvalue weighted by Gasteiger charge is 2.33. The standard InChI is InChI=1S/C19H15N3O4/c1-25-15-4-2-3-11-8-16(26-17(11)15)19(24)22-6-5-14-13(10-22)7-12(9-20)18(23)21-14/h2-4,7-8,13H,5-6,10H2,1H3. The molecule has 1 aromatic carbocycles. The zero-order valence-corrected chi connectivity index (χ0v) is 14.1. The van der Waals surface area contributed by atoms with Crippen LogP contribution >= 0.6 is 0 Å². The molecule has 1 unspecified atom stereocenters. The van der Waals surface area contributed by atoms with Gasteiger partial charge < -0.3 is 14.1 Å². The minimum Gasteiger partial charge on any atom is -0.493 e. The number of fused-ring (bicyclic) bond motifs is 2. The Balaban J connectivity index is 1.60. The van der Waals surface area contributed by atoms with Crippen LogP contribution in [0.1, 0.15) is 17.0 Å². The molecule has 1 atom stereocenters. The molecule has 26 heavy (non-hydrogen) atoms. The molecule has 2 aliphatic heterocycles. The summed E-state index contributed by atoms with van der Waals surface area (Å²) in [6.45, 7) is 0.815. The van der Waals surface area contributed by atoms with Crippen LogP contribution in [-0.2, 0) is 4.79 Å². The molecule has 2 aromatic rings. The van der Waals surface area contributed by atoms with Crippen molar-refractivity contribution in [3.8, 4) is 11.8 Å². The van der Waals surface area contributed by atoms with Crippen LogP contribution in [-0.4, -0.2) is 42.6 Å². The molecule has 0 aliphatic carbocycles. The van der Waals surface area contributed by atoms with Gasteiger partial charge in [0.1, 0.15) is 11.6 Å². The number of benzene rings is 1. The third kappa shape index (κ3) is 2.56. The number of carbonyl (C=O) groups is 2. The van der Waals surface area contributed by atoms with E-state index in [1.165, 1.54) is 0 Å². The topological polar surface area (TPSA) is 95.9 Å². The smallest absolute Gasteiger partial charge is 0.289 e. The van der Waals surface area contributed by atoms with Crippen molar-refractivity contribution in [1.82, 2.24) is 4.90 Å². The summed E-state index contributed by atoms with van der Waals surface area (Å²) in [5, 5.41) is 9.81. The maximum atomic E-state index is 12.9. The molecule has 7 nitrogen and oxygen atoms in total. The Labute approximate surface area is 149 Å². The van der Waals surface area contributed by atoms with Crippen LogP contribution < -0.4 is 4.74 Å². The van der Waals surface area contributed by atoms with E-state index in [0.29, 0.717) is 30.8 Å². The first-order chi connectivity index (χ1) is 12.6. The number of piperidine rings is 1. The van der Waals surface area contributed by atoms with Crippen molar-refractivity contribution in [3.63, 3.8) is 0 Å². The lowest BCUT2D eigenvalue weighted by molar-refractivity contribution is -0.114. The monoisotopic (exact) mass is 349 g/mol. The van der Waals surface area contributed by atoms with E-state index >= 15 is 0 Å². The average Bonchev–Trinajstić information content (AvgIpc) is 3.10. The first-order valence-electron chi connectivity index (χ1n) is 8.20. The number of ether oxygens (including phenoxy) is 1. The summed E-state index contributed by atoms with van der Waals surface area (Å²) < 4.78 is 11.0. The highest BCUT2D eigenvalue weighted by atomic mass is 16.5. The molecule has 2 aliphatic rings. The van der Waals surface area contributed by atoms with Crippen LogP contribution in [0.2, 0.25) is 0 Å². The Kier molecular flexibility index (Phi) is 3.81. The number of nitrogens with zero attached hydrogens (tertiary/aromatic N) is 3. The molecule has 0 saturated carbocycles. The van der Waals surface area contributed by atoms with Gasteiger partial charge in [0.05, 0.1) is 7.11 Å². The number of amides is 2. The lowest BCUT2D eigenvalue weighted by Gasteiger charge is -2.33. The molecule has 7 heteroatoms. The minimum atomic E-state index is -0.497. The van der Waals surface area contributed by atoms with Crippen molar-refractivity contribution in [2.24, 2.45) is 10.9 Å². The highest BCUT2D eigenvalue weighted by molar-refractivity contribution is 6.10. The molecule has 1 saturated heterocycles. The molecule has 0 radical (unpaired) electrons. The van der Waals surface area contributed by atoms with E-state index in [0.717, 1.165) is 11.1 Å². The van der Waals surface area contributed by atoms with Crippen LogP contribution in [0.25, 0.3) is 11.0 Å². The number of carbonyl (C=O) groups excluding carboxylic acids is 2. The molecule has 0 N–H and O–H groups in total. The van der Waals surface area contributed by atoms with Crippen molar-refractivity contribution in [3.05, 3.63) is 41.7 Å². The molecule has 1 aromatic heterocycles. The predicted octanol–water partition coefficient (Wildman–Crippen LogP) is 2.33. The first kappa shape index (κ1) is 16.1. The quantitative estimate of drug-likeness (QED) is 0.829. The van der Waals surface area contributed by atoms with Gasteiger partial charge in [-0.05, 0) is 12.1 Å². The molecule has 0 spiro atoms. The van der Waals surface area contributed by atoms with Gasteiger partial charge in [0, 0.05) is 36.5 Å². The van der Waals surface area contributed by atoms with Crippen LogP contribution in [0.15, 0.2) is 45.3 Å². The minimum absolute atomic E-state index is 0.0292. The second-order valence-electron chi connectivity index (χ2n) is 6.20. The second-order valence-corrected chi connectivity index (χ2v) is 6.20. The van der Waals surface area contributed by atoms with Crippen LogP contribution in [0.4, 0.5) is 0 Å². The highest BCUT2D eigenvalue weighted by Crippen LogP contribution is 2.30. The summed E-state index contributed by atoms with van der Waals surface area (Å²) in [6.07, 6.45) is 2.10. The average molecular weight is 349 g/mol. The zero-order valence-electron chi connectivity index (χ0n) is 14.1. The Hall–Kier alpha value is -3.40. The normalized spacial score (nSPS) is 19.5. The lowest BCUT2D eigenvalue weighted by Crippen LogP contribution is -2.44. The molecule has 1 fully saturated rings. The number of nitriles is 1. The Morgan fingerprint density at radius 2 is 2.31 bits per heavy atom. The van der Waals surface area contributed by atoms with Crippen LogP contribution in [0.5, 0.6) is 5.75 Å². The molecule has 130 valence electrons. The molecule has 3 heterocycles. The van der Waals surface area contributed by atoms with E-state index < -0.39 is 5.91 Å². The van der Waals surface area contributed by atoms with E-state index in [4.69, 9.17) is 14.4 Å². The molecular formula is C19H15N3O4. The summed E-state index contributed by atoms with van der Waals surface area (Å²) in [4.78, 5) is 30.2. The first-order valence-corrected chi connectivity index (χ1v) is 8.20. The van der Waals surface area contributed by atoms with Gasteiger partial charge in [0.2, 0.25) is 0 Å². The van der Waals surface area contributed by atoms with Gasteiger partial charge in [0.25, 0.3) is 11.8 Å². The van der Waals surface area contributed by atoms with E-state index in [-0.39, 0.29) is 23.2 Å². The zero-order chi connectivity index (χ0) is 18.3. The number of para-hydroxylation sites is 1. The summed E-state index contributed by atoms with van der Waals surface area (Å²) in [6, 6.07) is 9.03. The van der Waals surface area contributed by atoms with Crippen molar-refractivity contribution < 1.29 is 18.7 Å². The molecule has 2 amide bonds. The lowest BCUT2D eigenvalue weighted by atomic mass is 9.90. The van der Waals surface area contributed by atoms with Gasteiger partial charge in [-0.25, -0.2) is 4.99 Å². The number of dihydropyridines is 1. The van der Waals surface area contributed by atoms with E-state index in [1.54, 1.807) is 30.2 Å². The molecule has 0 bridgehead atoms. The Bertz CT molecular complexity index is 1030. The number of hydrogen-bond donors (Lipinski definition) is 0. The van der Waals surface area contributed by atoms with E-state index in [1.807, 2.05) is 18.2 Å². The van der Waals surface area contributed by atoms with Crippen molar-refractivity contribution in [2.75, 3.05) is 20.2 Å². The van der Waals surface area contributed by atoms with Gasteiger partial charge in [-0.15, -0.1) is 0 Å². The third-order valence-corrected chi connectivity index (χ3v) is 4.67. The van der Waals surface area contributed by atoms with Gasteiger partial charge in [-0.1, -0.05) is 18.2 Å². The Morgan fingerprint density at radius 1 is 1.46 bits per heavy atom. The number of aliphatic imine (C=N–C) groups is 1. The molecule has 4 rings (SSSR count).